The molecule has 0 saturated carbocycles. The van der Waals surface area contributed by atoms with E-state index in [0.29, 0.717) is 11.6 Å². The van der Waals surface area contributed by atoms with Crippen molar-refractivity contribution in [2.75, 3.05) is 56.2 Å². The number of aromatic nitrogens is 1. The molecule has 1 aromatic heterocycles. The van der Waals surface area contributed by atoms with Gasteiger partial charge in [0.1, 0.15) is 11.6 Å². The molecule has 0 unspecified atom stereocenters. The number of hydrogen-bond acceptors (Lipinski definition) is 6. The molecule has 0 aliphatic carbocycles. The summed E-state index contributed by atoms with van der Waals surface area (Å²) in [4.78, 5) is 23.4. The predicted molar refractivity (Wildman–Crippen MR) is 116 cm³/mol. The maximum Gasteiger partial charge on any atom is 0.161 e. The summed E-state index contributed by atoms with van der Waals surface area (Å²) in [5.41, 5.74) is 1.87. The molecule has 0 amide bonds. The van der Waals surface area contributed by atoms with Gasteiger partial charge in [-0.1, -0.05) is 12.1 Å². The fraction of sp³-hybridized carbons (Fsp3) is 0.478. The molecule has 0 N–H and O–H groups in total. The summed E-state index contributed by atoms with van der Waals surface area (Å²) in [5.74, 6) is 1.99. The van der Waals surface area contributed by atoms with Gasteiger partial charge in [0.2, 0.25) is 0 Å². The van der Waals surface area contributed by atoms with Crippen LogP contribution in [0.3, 0.4) is 0 Å². The normalized spacial score (nSPS) is 20.6. The van der Waals surface area contributed by atoms with Crippen molar-refractivity contribution in [1.82, 2.24) is 9.88 Å². The zero-order valence-electron chi connectivity index (χ0n) is 17.4. The minimum Gasteiger partial charge on any atom is -0.495 e. The van der Waals surface area contributed by atoms with Gasteiger partial charge in [0.15, 0.2) is 5.78 Å². The Morgan fingerprint density at radius 2 is 1.83 bits per heavy atom. The summed E-state index contributed by atoms with van der Waals surface area (Å²) >= 11 is 0. The third kappa shape index (κ3) is 4.37. The largest absolute Gasteiger partial charge is 0.495 e. The third-order valence-corrected chi connectivity index (χ3v) is 6.13. The van der Waals surface area contributed by atoms with Crippen LogP contribution in [-0.2, 0) is 0 Å². The minimum atomic E-state index is 0.0634. The Balaban J connectivity index is 1.36. The van der Waals surface area contributed by atoms with E-state index in [1.807, 2.05) is 24.3 Å². The van der Waals surface area contributed by atoms with Crippen LogP contribution in [0, 0.1) is 0 Å². The van der Waals surface area contributed by atoms with Gasteiger partial charge in [-0.2, -0.15) is 0 Å². The van der Waals surface area contributed by atoms with Crippen molar-refractivity contribution >= 4 is 17.3 Å². The van der Waals surface area contributed by atoms with Crippen LogP contribution in [0.1, 0.15) is 30.1 Å². The highest BCUT2D eigenvalue weighted by molar-refractivity contribution is 5.93. The van der Waals surface area contributed by atoms with E-state index >= 15 is 0 Å². The van der Waals surface area contributed by atoms with E-state index in [9.17, 15) is 4.79 Å². The quantitative estimate of drug-likeness (QED) is 0.727. The number of Topliss-reactive ketones (excluding diaryl/α,β-unsaturated/α-hetero) is 1. The number of piperazine rings is 1. The molecule has 0 bridgehead atoms. The molecule has 4 rings (SSSR count). The van der Waals surface area contributed by atoms with E-state index < -0.39 is 0 Å². The number of pyridine rings is 1. The highest BCUT2D eigenvalue weighted by atomic mass is 16.5. The van der Waals surface area contributed by atoms with Gasteiger partial charge in [-0.3, -0.25) is 9.69 Å². The summed E-state index contributed by atoms with van der Waals surface area (Å²) in [6.45, 7) is 7.77. The van der Waals surface area contributed by atoms with E-state index in [4.69, 9.17) is 4.74 Å². The van der Waals surface area contributed by atoms with E-state index in [0.717, 1.165) is 50.8 Å². The van der Waals surface area contributed by atoms with Crippen molar-refractivity contribution in [3.63, 3.8) is 0 Å². The zero-order valence-corrected chi connectivity index (χ0v) is 17.4. The molecule has 2 fully saturated rings. The van der Waals surface area contributed by atoms with Crippen LogP contribution >= 0.6 is 0 Å². The molecule has 6 nitrogen and oxygen atoms in total. The monoisotopic (exact) mass is 394 g/mol. The SMILES string of the molecule is COc1ccccc1N1CCN([C@H]2CCCN(c3ccc(C(C)=O)cn3)C2)CC1. The van der Waals surface area contributed by atoms with Crippen molar-refractivity contribution in [1.29, 1.82) is 0 Å². The number of methoxy groups -OCH3 is 1. The number of rotatable bonds is 5. The Kier molecular flexibility index (Phi) is 6.00. The molecular formula is C23H30N4O2. The Morgan fingerprint density at radius 3 is 2.52 bits per heavy atom. The highest BCUT2D eigenvalue weighted by Crippen LogP contribution is 2.29. The van der Waals surface area contributed by atoms with Crippen molar-refractivity contribution in [3.8, 4) is 5.75 Å². The standard InChI is InChI=1S/C23H30N4O2/c1-18(28)19-9-10-23(24-16-19)27-11-5-6-20(17-27)25-12-14-26(15-13-25)21-7-3-4-8-22(21)29-2/h3-4,7-10,16,20H,5-6,11-15,17H2,1-2H3/t20-/m0/s1. The van der Waals surface area contributed by atoms with Crippen LogP contribution in [0.2, 0.25) is 0 Å². The number of benzene rings is 1. The molecule has 0 spiro atoms. The molecule has 6 heteroatoms. The maximum absolute atomic E-state index is 11.5. The smallest absolute Gasteiger partial charge is 0.161 e. The van der Waals surface area contributed by atoms with Gasteiger partial charge in [-0.05, 0) is 44.0 Å². The van der Waals surface area contributed by atoms with E-state index in [-0.39, 0.29) is 5.78 Å². The lowest BCUT2D eigenvalue weighted by molar-refractivity contribution is 0.101. The van der Waals surface area contributed by atoms with Gasteiger partial charge in [0.25, 0.3) is 0 Å². The van der Waals surface area contributed by atoms with Crippen LogP contribution in [0.15, 0.2) is 42.6 Å². The van der Waals surface area contributed by atoms with Crippen LogP contribution < -0.4 is 14.5 Å². The lowest BCUT2D eigenvalue weighted by Gasteiger charge is -2.44. The lowest BCUT2D eigenvalue weighted by atomic mass is 10.0. The number of ketones is 1. The van der Waals surface area contributed by atoms with Crippen LogP contribution in [0.4, 0.5) is 11.5 Å². The summed E-state index contributed by atoms with van der Waals surface area (Å²) in [6, 6.07) is 12.7. The summed E-state index contributed by atoms with van der Waals surface area (Å²) in [5, 5.41) is 0. The number of carbonyl (C=O) groups excluding carboxylic acids is 1. The molecule has 2 aromatic rings. The second kappa shape index (κ2) is 8.82. The minimum absolute atomic E-state index is 0.0634. The Hall–Kier alpha value is -2.60. The summed E-state index contributed by atoms with van der Waals surface area (Å²) < 4.78 is 5.54. The molecule has 1 atom stereocenters. The molecule has 2 aliphatic rings. The van der Waals surface area contributed by atoms with Gasteiger partial charge in [-0.15, -0.1) is 0 Å². The first kappa shape index (κ1) is 19.7. The van der Waals surface area contributed by atoms with Gasteiger partial charge < -0.3 is 14.5 Å². The summed E-state index contributed by atoms with van der Waals surface area (Å²) in [6.07, 6.45) is 4.11. The fourth-order valence-electron chi connectivity index (χ4n) is 4.46. The molecule has 2 aliphatic heterocycles. The Morgan fingerprint density at radius 1 is 1.03 bits per heavy atom. The number of carbonyl (C=O) groups is 1. The van der Waals surface area contributed by atoms with Crippen LogP contribution in [0.25, 0.3) is 0 Å². The number of ether oxygens (including phenoxy) is 1. The fourth-order valence-corrected chi connectivity index (χ4v) is 4.46. The predicted octanol–water partition coefficient (Wildman–Crippen LogP) is 3.08. The van der Waals surface area contributed by atoms with E-state index in [1.54, 1.807) is 20.2 Å². The second-order valence-electron chi connectivity index (χ2n) is 7.90. The van der Waals surface area contributed by atoms with Crippen LogP contribution in [0.5, 0.6) is 5.75 Å². The highest BCUT2D eigenvalue weighted by Gasteiger charge is 2.29. The van der Waals surface area contributed by atoms with Gasteiger partial charge in [0, 0.05) is 57.1 Å². The maximum atomic E-state index is 11.5. The van der Waals surface area contributed by atoms with Gasteiger partial charge in [-0.25, -0.2) is 4.98 Å². The van der Waals surface area contributed by atoms with Crippen molar-refractivity contribution in [2.24, 2.45) is 0 Å². The number of para-hydroxylation sites is 2. The molecule has 29 heavy (non-hydrogen) atoms. The Bertz CT molecular complexity index is 831. The van der Waals surface area contributed by atoms with Crippen molar-refractivity contribution < 1.29 is 9.53 Å². The molecule has 1 aromatic carbocycles. The average Bonchev–Trinajstić information content (AvgIpc) is 2.79. The molecule has 154 valence electrons. The molecule has 2 saturated heterocycles. The number of nitrogens with zero attached hydrogens (tertiary/aromatic N) is 4. The Labute approximate surface area is 173 Å². The number of piperidine rings is 1. The topological polar surface area (TPSA) is 48.9 Å². The molecule has 0 radical (unpaired) electrons. The second-order valence-corrected chi connectivity index (χ2v) is 7.90. The lowest BCUT2D eigenvalue weighted by Crippen LogP contribution is -2.55. The first-order valence-corrected chi connectivity index (χ1v) is 10.5. The van der Waals surface area contributed by atoms with E-state index in [2.05, 4.69) is 31.8 Å². The zero-order chi connectivity index (χ0) is 20.2. The summed E-state index contributed by atoms with van der Waals surface area (Å²) in [7, 11) is 1.74. The van der Waals surface area contributed by atoms with E-state index in [1.165, 1.54) is 18.5 Å². The van der Waals surface area contributed by atoms with Crippen molar-refractivity contribution in [2.45, 2.75) is 25.8 Å². The van der Waals surface area contributed by atoms with Crippen molar-refractivity contribution in [3.05, 3.63) is 48.2 Å². The molecular weight excluding hydrogens is 364 g/mol. The average molecular weight is 395 g/mol. The third-order valence-electron chi connectivity index (χ3n) is 6.13. The number of anilines is 2. The molecule has 3 heterocycles. The number of hydrogen-bond donors (Lipinski definition) is 0. The van der Waals surface area contributed by atoms with Gasteiger partial charge >= 0.3 is 0 Å². The first-order chi connectivity index (χ1) is 14.2. The van der Waals surface area contributed by atoms with Crippen LogP contribution in [-0.4, -0.2) is 68.1 Å². The first-order valence-electron chi connectivity index (χ1n) is 10.5. The van der Waals surface area contributed by atoms with Gasteiger partial charge in [0.05, 0.1) is 12.8 Å².